The van der Waals surface area contributed by atoms with Crippen LogP contribution in [0.5, 0.6) is 0 Å². The molecule has 3 aliphatic rings. The Kier molecular flexibility index (Phi) is 4.39. The largest absolute Gasteiger partial charge is 0.377 e. The summed E-state index contributed by atoms with van der Waals surface area (Å²) in [7, 11) is 0. The molecule has 2 N–H and O–H groups in total. The highest BCUT2D eigenvalue weighted by Gasteiger charge is 2.47. The van der Waals surface area contributed by atoms with Crippen LogP contribution < -0.4 is 5.73 Å². The highest BCUT2D eigenvalue weighted by Crippen LogP contribution is 2.38. The number of primary amides is 1. The van der Waals surface area contributed by atoms with Crippen molar-refractivity contribution in [2.75, 3.05) is 19.7 Å². The molecule has 0 aromatic carbocycles. The molecule has 2 saturated heterocycles. The zero-order valence-electron chi connectivity index (χ0n) is 12.9. The smallest absolute Gasteiger partial charge is 0.260 e. The Morgan fingerprint density at radius 3 is 2.45 bits per heavy atom. The molecular weight excluding hydrogens is 287 g/mol. The summed E-state index contributed by atoms with van der Waals surface area (Å²) < 4.78 is 19.8. The van der Waals surface area contributed by atoms with Gasteiger partial charge in [-0.15, -0.1) is 0 Å². The number of hydrogen-bond acceptors (Lipinski definition) is 3. The molecule has 5 nitrogen and oxygen atoms in total. The SMILES string of the molecule is NC(=O)[C@@H]1CCO[C@@H]1CC1CCN(C(=O)C2(F)CCC2)CC1. The fourth-order valence-corrected chi connectivity index (χ4v) is 3.89. The van der Waals surface area contributed by atoms with E-state index in [1.54, 1.807) is 4.90 Å². The molecule has 22 heavy (non-hydrogen) atoms. The number of nitrogens with zero attached hydrogens (tertiary/aromatic N) is 1. The molecular formula is C16H25FN2O3. The minimum atomic E-state index is -1.58. The van der Waals surface area contributed by atoms with E-state index >= 15 is 0 Å². The molecule has 2 amide bonds. The zero-order chi connectivity index (χ0) is 15.7. The van der Waals surface area contributed by atoms with Crippen LogP contribution in [0, 0.1) is 11.8 Å². The number of ether oxygens (including phenoxy) is 1. The Morgan fingerprint density at radius 1 is 1.23 bits per heavy atom. The molecule has 0 aromatic heterocycles. The summed E-state index contributed by atoms with van der Waals surface area (Å²) >= 11 is 0. The maximum Gasteiger partial charge on any atom is 0.260 e. The fraction of sp³-hybridized carbons (Fsp3) is 0.875. The van der Waals surface area contributed by atoms with Crippen LogP contribution in [0.2, 0.25) is 0 Å². The van der Waals surface area contributed by atoms with Gasteiger partial charge < -0.3 is 15.4 Å². The van der Waals surface area contributed by atoms with Crippen molar-refractivity contribution in [1.82, 2.24) is 4.90 Å². The van der Waals surface area contributed by atoms with E-state index < -0.39 is 5.67 Å². The first kappa shape index (κ1) is 15.7. The van der Waals surface area contributed by atoms with Crippen LogP contribution in [-0.2, 0) is 14.3 Å². The van der Waals surface area contributed by atoms with Gasteiger partial charge in [-0.1, -0.05) is 0 Å². The number of carbonyl (C=O) groups is 2. The molecule has 2 heterocycles. The molecule has 6 heteroatoms. The van der Waals surface area contributed by atoms with E-state index in [-0.39, 0.29) is 23.8 Å². The van der Waals surface area contributed by atoms with Gasteiger partial charge in [0.25, 0.3) is 5.91 Å². The molecule has 3 fully saturated rings. The summed E-state index contributed by atoms with van der Waals surface area (Å²) in [6.45, 7) is 1.83. The van der Waals surface area contributed by atoms with Crippen LogP contribution in [0.3, 0.4) is 0 Å². The monoisotopic (exact) mass is 312 g/mol. The summed E-state index contributed by atoms with van der Waals surface area (Å²) in [4.78, 5) is 25.2. The third-order valence-corrected chi connectivity index (χ3v) is 5.57. The number of nitrogens with two attached hydrogens (primary N) is 1. The molecule has 3 rings (SSSR count). The first-order chi connectivity index (χ1) is 10.5. The van der Waals surface area contributed by atoms with Gasteiger partial charge in [-0.25, -0.2) is 4.39 Å². The number of piperidine rings is 1. The van der Waals surface area contributed by atoms with E-state index in [2.05, 4.69) is 0 Å². The number of rotatable bonds is 4. The van der Waals surface area contributed by atoms with Crippen molar-refractivity contribution in [1.29, 1.82) is 0 Å². The highest BCUT2D eigenvalue weighted by molar-refractivity contribution is 5.86. The number of carbonyl (C=O) groups excluding carboxylic acids is 2. The molecule has 0 radical (unpaired) electrons. The zero-order valence-corrected chi connectivity index (χ0v) is 12.9. The normalized spacial score (nSPS) is 31.8. The summed E-state index contributed by atoms with van der Waals surface area (Å²) in [5, 5.41) is 0. The second-order valence-corrected chi connectivity index (χ2v) is 7.00. The van der Waals surface area contributed by atoms with Gasteiger partial charge in [0.1, 0.15) is 0 Å². The van der Waals surface area contributed by atoms with Crippen molar-refractivity contribution in [3.63, 3.8) is 0 Å². The van der Waals surface area contributed by atoms with E-state index in [4.69, 9.17) is 10.5 Å². The van der Waals surface area contributed by atoms with Crippen LogP contribution in [0.25, 0.3) is 0 Å². The minimum Gasteiger partial charge on any atom is -0.377 e. The molecule has 2 aliphatic heterocycles. The van der Waals surface area contributed by atoms with Gasteiger partial charge in [0.15, 0.2) is 5.67 Å². The maximum absolute atomic E-state index is 14.2. The predicted octanol–water partition coefficient (Wildman–Crippen LogP) is 1.40. The Hall–Kier alpha value is -1.17. The van der Waals surface area contributed by atoms with E-state index in [0.717, 1.165) is 25.7 Å². The van der Waals surface area contributed by atoms with Gasteiger partial charge in [0, 0.05) is 19.7 Å². The third kappa shape index (κ3) is 2.98. The van der Waals surface area contributed by atoms with Crippen molar-refractivity contribution >= 4 is 11.8 Å². The number of amides is 2. The van der Waals surface area contributed by atoms with Gasteiger partial charge in [0.05, 0.1) is 12.0 Å². The third-order valence-electron chi connectivity index (χ3n) is 5.57. The quantitative estimate of drug-likeness (QED) is 0.853. The molecule has 0 spiro atoms. The Morgan fingerprint density at radius 2 is 1.91 bits per heavy atom. The van der Waals surface area contributed by atoms with E-state index in [0.29, 0.717) is 44.9 Å². The summed E-state index contributed by atoms with van der Waals surface area (Å²) in [5.41, 5.74) is 3.83. The lowest BCUT2D eigenvalue weighted by atomic mass is 9.80. The van der Waals surface area contributed by atoms with Crippen LogP contribution in [0.1, 0.15) is 44.9 Å². The van der Waals surface area contributed by atoms with Gasteiger partial charge >= 0.3 is 0 Å². The Balaban J connectivity index is 1.47. The van der Waals surface area contributed by atoms with Gasteiger partial charge in [0.2, 0.25) is 5.91 Å². The molecule has 2 atom stereocenters. The second-order valence-electron chi connectivity index (χ2n) is 7.00. The Labute approximate surface area is 130 Å². The van der Waals surface area contributed by atoms with Gasteiger partial charge in [-0.05, 0) is 50.9 Å². The number of halogens is 1. The first-order valence-corrected chi connectivity index (χ1v) is 8.39. The van der Waals surface area contributed by atoms with Crippen LogP contribution in [0.4, 0.5) is 4.39 Å². The lowest BCUT2D eigenvalue weighted by Gasteiger charge is -2.40. The highest BCUT2D eigenvalue weighted by atomic mass is 19.1. The van der Waals surface area contributed by atoms with Crippen molar-refractivity contribution in [2.45, 2.75) is 56.7 Å². The molecule has 0 bridgehead atoms. The van der Waals surface area contributed by atoms with E-state index in [9.17, 15) is 14.0 Å². The number of hydrogen-bond donors (Lipinski definition) is 1. The van der Waals surface area contributed by atoms with Crippen LogP contribution in [-0.4, -0.2) is 48.2 Å². The lowest BCUT2D eigenvalue weighted by Crippen LogP contribution is -2.52. The van der Waals surface area contributed by atoms with Crippen molar-refractivity contribution in [3.05, 3.63) is 0 Å². The molecule has 1 saturated carbocycles. The lowest BCUT2D eigenvalue weighted by molar-refractivity contribution is -0.151. The van der Waals surface area contributed by atoms with Crippen molar-refractivity contribution < 1.29 is 18.7 Å². The molecule has 124 valence electrons. The van der Waals surface area contributed by atoms with Crippen molar-refractivity contribution in [3.8, 4) is 0 Å². The molecule has 0 aromatic rings. The van der Waals surface area contributed by atoms with Gasteiger partial charge in [-0.3, -0.25) is 9.59 Å². The topological polar surface area (TPSA) is 72.6 Å². The fourth-order valence-electron chi connectivity index (χ4n) is 3.89. The molecule has 0 unspecified atom stereocenters. The first-order valence-electron chi connectivity index (χ1n) is 8.39. The summed E-state index contributed by atoms with van der Waals surface area (Å²) in [6.07, 6.45) is 4.72. The predicted molar refractivity (Wildman–Crippen MR) is 78.7 cm³/mol. The molecule has 1 aliphatic carbocycles. The van der Waals surface area contributed by atoms with Crippen LogP contribution >= 0.6 is 0 Å². The Bertz CT molecular complexity index is 445. The second kappa shape index (κ2) is 6.14. The average molecular weight is 312 g/mol. The van der Waals surface area contributed by atoms with E-state index in [1.165, 1.54) is 0 Å². The minimum absolute atomic E-state index is 0.0797. The number of alkyl halides is 1. The van der Waals surface area contributed by atoms with Crippen molar-refractivity contribution in [2.24, 2.45) is 17.6 Å². The van der Waals surface area contributed by atoms with Crippen LogP contribution in [0.15, 0.2) is 0 Å². The van der Waals surface area contributed by atoms with E-state index in [1.807, 2.05) is 0 Å². The standard InChI is InChI=1S/C16H25FN2O3/c17-16(5-1-6-16)15(21)19-7-2-11(3-8-19)10-13-12(14(18)20)4-9-22-13/h11-13H,1-10H2,(H2,18,20)/t12-,13-/m1/s1. The average Bonchev–Trinajstić information content (AvgIpc) is 2.93. The summed E-state index contributed by atoms with van der Waals surface area (Å²) in [6, 6.07) is 0. The van der Waals surface area contributed by atoms with Gasteiger partial charge in [-0.2, -0.15) is 0 Å². The summed E-state index contributed by atoms with van der Waals surface area (Å²) in [5.74, 6) is -0.349. The number of likely N-dealkylation sites (tertiary alicyclic amines) is 1. The maximum atomic E-state index is 14.2.